The molecule has 1 amide bonds. The van der Waals surface area contributed by atoms with E-state index in [2.05, 4.69) is 5.32 Å². The van der Waals surface area contributed by atoms with Crippen molar-refractivity contribution in [3.63, 3.8) is 0 Å². The van der Waals surface area contributed by atoms with Crippen molar-refractivity contribution in [3.05, 3.63) is 34.6 Å². The first-order chi connectivity index (χ1) is 8.16. The van der Waals surface area contributed by atoms with E-state index in [1.807, 2.05) is 0 Å². The van der Waals surface area contributed by atoms with Gasteiger partial charge >= 0.3 is 0 Å². The molecule has 3 nitrogen and oxygen atoms in total. The Labute approximate surface area is 104 Å². The molecule has 2 rings (SSSR count). The molecular weight excluding hydrogens is 245 g/mol. The molecule has 0 unspecified atom stereocenters. The highest BCUT2D eigenvalue weighted by molar-refractivity contribution is 6.33. The number of hydrogen-bond acceptors (Lipinski definition) is 2. The molecule has 5 heteroatoms. The Morgan fingerprint density at radius 3 is 3.06 bits per heavy atom. The van der Waals surface area contributed by atoms with E-state index in [9.17, 15) is 9.18 Å². The molecule has 1 N–H and O–H groups in total. The zero-order valence-electron chi connectivity index (χ0n) is 9.21. The summed E-state index contributed by atoms with van der Waals surface area (Å²) in [6.45, 7) is 1.21. The molecule has 0 spiro atoms. The highest BCUT2D eigenvalue weighted by Gasteiger charge is 2.17. The summed E-state index contributed by atoms with van der Waals surface area (Å²) in [4.78, 5) is 11.8. The number of ether oxygens (including phenoxy) is 1. The van der Waals surface area contributed by atoms with E-state index in [1.54, 1.807) is 0 Å². The molecule has 1 saturated heterocycles. The number of amides is 1. The molecule has 1 fully saturated rings. The standard InChI is InChI=1S/C12H13ClFNO2/c13-11-6-8(14)3-4-10(11)12(16)15-7-9-2-1-5-17-9/h3-4,6,9H,1-2,5,7H2,(H,15,16)/t9-/m0/s1. The van der Waals surface area contributed by atoms with Crippen LogP contribution in [0.4, 0.5) is 4.39 Å². The molecule has 0 aliphatic carbocycles. The van der Waals surface area contributed by atoms with Crippen LogP contribution >= 0.6 is 11.6 Å². The highest BCUT2D eigenvalue weighted by Crippen LogP contribution is 2.17. The van der Waals surface area contributed by atoms with Crippen molar-refractivity contribution in [1.82, 2.24) is 5.32 Å². The van der Waals surface area contributed by atoms with Crippen molar-refractivity contribution in [2.45, 2.75) is 18.9 Å². The second kappa shape index (κ2) is 5.47. The number of carbonyl (C=O) groups excluding carboxylic acids is 1. The van der Waals surface area contributed by atoms with Gasteiger partial charge < -0.3 is 10.1 Å². The van der Waals surface area contributed by atoms with Crippen LogP contribution in [0.15, 0.2) is 18.2 Å². The average Bonchev–Trinajstić information content (AvgIpc) is 2.78. The molecule has 0 bridgehead atoms. The lowest BCUT2D eigenvalue weighted by molar-refractivity contribution is 0.0858. The summed E-state index contributed by atoms with van der Waals surface area (Å²) in [5.74, 6) is -0.754. The van der Waals surface area contributed by atoms with E-state index < -0.39 is 5.82 Å². The predicted molar refractivity (Wildman–Crippen MR) is 62.7 cm³/mol. The summed E-state index contributed by atoms with van der Waals surface area (Å²) in [7, 11) is 0. The van der Waals surface area contributed by atoms with Gasteiger partial charge in [0, 0.05) is 13.2 Å². The van der Waals surface area contributed by atoms with E-state index in [1.165, 1.54) is 12.1 Å². The molecule has 1 atom stereocenters. The minimum Gasteiger partial charge on any atom is -0.376 e. The monoisotopic (exact) mass is 257 g/mol. The summed E-state index contributed by atoms with van der Waals surface area (Å²) in [6.07, 6.45) is 2.06. The summed E-state index contributed by atoms with van der Waals surface area (Å²) >= 11 is 5.79. The summed E-state index contributed by atoms with van der Waals surface area (Å²) in [5, 5.41) is 2.85. The van der Waals surface area contributed by atoms with Gasteiger partial charge in [0.15, 0.2) is 0 Å². The van der Waals surface area contributed by atoms with Gasteiger partial charge in [-0.2, -0.15) is 0 Å². The van der Waals surface area contributed by atoms with Crippen LogP contribution in [0.1, 0.15) is 23.2 Å². The van der Waals surface area contributed by atoms with Gasteiger partial charge in [0.2, 0.25) is 0 Å². The van der Waals surface area contributed by atoms with Gasteiger partial charge in [-0.3, -0.25) is 4.79 Å². The zero-order chi connectivity index (χ0) is 12.3. The topological polar surface area (TPSA) is 38.3 Å². The van der Waals surface area contributed by atoms with Crippen LogP contribution in [-0.2, 0) is 4.74 Å². The first kappa shape index (κ1) is 12.3. The molecule has 1 aromatic carbocycles. The zero-order valence-corrected chi connectivity index (χ0v) is 9.97. The maximum Gasteiger partial charge on any atom is 0.252 e. The van der Waals surface area contributed by atoms with Crippen molar-refractivity contribution in [2.75, 3.05) is 13.2 Å². The van der Waals surface area contributed by atoms with Crippen molar-refractivity contribution >= 4 is 17.5 Å². The highest BCUT2D eigenvalue weighted by atomic mass is 35.5. The van der Waals surface area contributed by atoms with Gasteiger partial charge in [-0.15, -0.1) is 0 Å². The van der Waals surface area contributed by atoms with Gasteiger partial charge in [-0.25, -0.2) is 4.39 Å². The van der Waals surface area contributed by atoms with E-state index in [4.69, 9.17) is 16.3 Å². The second-order valence-electron chi connectivity index (χ2n) is 3.97. The third kappa shape index (κ3) is 3.17. The van der Waals surface area contributed by atoms with E-state index >= 15 is 0 Å². The second-order valence-corrected chi connectivity index (χ2v) is 4.38. The van der Waals surface area contributed by atoms with Gasteiger partial charge in [0.05, 0.1) is 16.7 Å². The summed E-state index contributed by atoms with van der Waals surface area (Å²) in [6, 6.07) is 3.72. The van der Waals surface area contributed by atoms with Crippen molar-refractivity contribution in [2.24, 2.45) is 0 Å². The lowest BCUT2D eigenvalue weighted by Gasteiger charge is -2.11. The van der Waals surface area contributed by atoms with Gasteiger partial charge in [0.1, 0.15) is 5.82 Å². The Balaban J connectivity index is 1.94. The molecule has 1 aliphatic heterocycles. The Bertz CT molecular complexity index is 419. The number of hydrogen-bond donors (Lipinski definition) is 1. The maximum absolute atomic E-state index is 12.8. The first-order valence-corrected chi connectivity index (χ1v) is 5.89. The van der Waals surface area contributed by atoms with Crippen molar-refractivity contribution in [1.29, 1.82) is 0 Å². The Morgan fingerprint density at radius 1 is 1.59 bits per heavy atom. The number of nitrogens with one attached hydrogen (secondary N) is 1. The largest absolute Gasteiger partial charge is 0.376 e. The fourth-order valence-electron chi connectivity index (χ4n) is 1.78. The fourth-order valence-corrected chi connectivity index (χ4v) is 2.03. The molecule has 92 valence electrons. The molecular formula is C12H13ClFNO2. The third-order valence-electron chi connectivity index (χ3n) is 2.69. The van der Waals surface area contributed by atoms with E-state index in [0.717, 1.165) is 25.5 Å². The van der Waals surface area contributed by atoms with Gasteiger partial charge in [-0.05, 0) is 31.0 Å². The minimum atomic E-state index is -0.453. The Hall–Kier alpha value is -1.13. The third-order valence-corrected chi connectivity index (χ3v) is 3.00. The van der Waals surface area contributed by atoms with Crippen LogP contribution < -0.4 is 5.32 Å². The number of carbonyl (C=O) groups is 1. The molecule has 1 aromatic rings. The van der Waals surface area contributed by atoms with Gasteiger partial charge in [-0.1, -0.05) is 11.6 Å². The molecule has 0 aromatic heterocycles. The SMILES string of the molecule is O=C(NC[C@@H]1CCCO1)c1ccc(F)cc1Cl. The number of rotatable bonds is 3. The van der Waals surface area contributed by atoms with E-state index in [0.29, 0.717) is 6.54 Å². The maximum atomic E-state index is 12.8. The van der Waals surface area contributed by atoms with Crippen LogP contribution in [0.25, 0.3) is 0 Å². The van der Waals surface area contributed by atoms with Crippen LogP contribution in [-0.4, -0.2) is 25.2 Å². The van der Waals surface area contributed by atoms with Crippen LogP contribution in [0.3, 0.4) is 0 Å². The van der Waals surface area contributed by atoms with Crippen LogP contribution in [0, 0.1) is 5.82 Å². The molecule has 1 heterocycles. The van der Waals surface area contributed by atoms with E-state index in [-0.39, 0.29) is 22.6 Å². The smallest absolute Gasteiger partial charge is 0.252 e. The summed E-state index contributed by atoms with van der Waals surface area (Å²) in [5.41, 5.74) is 0.283. The number of benzene rings is 1. The van der Waals surface area contributed by atoms with Crippen LogP contribution in [0.5, 0.6) is 0 Å². The van der Waals surface area contributed by atoms with Crippen LogP contribution in [0.2, 0.25) is 5.02 Å². The minimum absolute atomic E-state index is 0.0816. The number of halogens is 2. The lowest BCUT2D eigenvalue weighted by Crippen LogP contribution is -2.31. The predicted octanol–water partition coefficient (Wildman–Crippen LogP) is 2.39. The van der Waals surface area contributed by atoms with Crippen molar-refractivity contribution < 1.29 is 13.9 Å². The Kier molecular flexibility index (Phi) is 3.97. The normalized spacial score (nSPS) is 19.3. The Morgan fingerprint density at radius 2 is 2.41 bits per heavy atom. The molecule has 0 radical (unpaired) electrons. The molecule has 0 saturated carbocycles. The lowest BCUT2D eigenvalue weighted by atomic mass is 10.2. The summed E-state index contributed by atoms with van der Waals surface area (Å²) < 4.78 is 18.2. The first-order valence-electron chi connectivity index (χ1n) is 5.51. The average molecular weight is 258 g/mol. The van der Waals surface area contributed by atoms with Gasteiger partial charge in [0.25, 0.3) is 5.91 Å². The molecule has 17 heavy (non-hydrogen) atoms. The molecule has 1 aliphatic rings. The van der Waals surface area contributed by atoms with Crippen molar-refractivity contribution in [3.8, 4) is 0 Å². The quantitative estimate of drug-likeness (QED) is 0.903. The fraction of sp³-hybridized carbons (Fsp3) is 0.417.